The van der Waals surface area contributed by atoms with Crippen molar-refractivity contribution < 1.29 is 24.2 Å². The fourth-order valence-electron chi connectivity index (χ4n) is 2.05. The maximum Gasteiger partial charge on any atom is 0.326 e. The minimum Gasteiger partial charge on any atom is -0.480 e. The molecule has 1 aromatic carbocycles. The first kappa shape index (κ1) is 14.7. The molecule has 1 aliphatic rings. The van der Waals surface area contributed by atoms with Crippen molar-refractivity contribution in [3.63, 3.8) is 0 Å². The van der Waals surface area contributed by atoms with Gasteiger partial charge in [-0.15, -0.1) is 0 Å². The molecule has 6 nitrogen and oxygen atoms in total. The van der Waals surface area contributed by atoms with Crippen LogP contribution in [0.3, 0.4) is 0 Å². The minimum absolute atomic E-state index is 0.0361. The fraction of sp³-hybridized carbons (Fsp3) is 0.333. The summed E-state index contributed by atoms with van der Waals surface area (Å²) in [6, 6.07) is 2.23. The number of hydrogen-bond acceptors (Lipinski definition) is 3. The number of nitrogens with zero attached hydrogens (tertiary/aromatic N) is 1. The van der Waals surface area contributed by atoms with Crippen molar-refractivity contribution in [3.8, 4) is 0 Å². The van der Waals surface area contributed by atoms with Gasteiger partial charge in [0.05, 0.1) is 11.8 Å². The number of aliphatic hydroxyl groups is 1. The Morgan fingerprint density at radius 2 is 2.15 bits per heavy atom. The summed E-state index contributed by atoms with van der Waals surface area (Å²) in [6.07, 6.45) is -0.928. The molecule has 2 amide bonds. The van der Waals surface area contributed by atoms with Gasteiger partial charge in [-0.05, 0) is 18.2 Å². The number of aliphatic carboxylic acids is 1. The van der Waals surface area contributed by atoms with Crippen LogP contribution >= 0.6 is 15.9 Å². The van der Waals surface area contributed by atoms with E-state index in [1.165, 1.54) is 12.1 Å². The molecular weight excluding hydrogens is 335 g/mol. The summed E-state index contributed by atoms with van der Waals surface area (Å²) in [5.74, 6) is -1.84. The Balaban J connectivity index is 2.13. The van der Waals surface area contributed by atoms with Crippen molar-refractivity contribution in [3.05, 3.63) is 28.5 Å². The maximum atomic E-state index is 13.6. The summed E-state index contributed by atoms with van der Waals surface area (Å²) in [7, 11) is 0. The molecule has 1 saturated heterocycles. The van der Waals surface area contributed by atoms with Gasteiger partial charge in [0.1, 0.15) is 11.9 Å². The smallest absolute Gasteiger partial charge is 0.326 e. The third-order valence-electron chi connectivity index (χ3n) is 3.00. The molecule has 0 radical (unpaired) electrons. The number of anilines is 1. The average Bonchev–Trinajstić information content (AvgIpc) is 2.75. The first-order valence-corrected chi connectivity index (χ1v) is 6.61. The predicted octanol–water partition coefficient (Wildman–Crippen LogP) is 1.64. The second kappa shape index (κ2) is 5.76. The van der Waals surface area contributed by atoms with Gasteiger partial charge in [-0.2, -0.15) is 0 Å². The topological polar surface area (TPSA) is 89.9 Å². The van der Waals surface area contributed by atoms with Crippen molar-refractivity contribution >= 4 is 33.6 Å². The molecule has 0 saturated carbocycles. The largest absolute Gasteiger partial charge is 0.480 e. The number of carbonyl (C=O) groups is 2. The van der Waals surface area contributed by atoms with Crippen LogP contribution in [-0.4, -0.2) is 45.8 Å². The third-order valence-corrected chi connectivity index (χ3v) is 3.49. The number of amides is 2. The molecule has 1 heterocycles. The Kier molecular flexibility index (Phi) is 4.24. The highest BCUT2D eigenvalue weighted by Gasteiger charge is 2.39. The van der Waals surface area contributed by atoms with E-state index >= 15 is 0 Å². The fourth-order valence-corrected chi connectivity index (χ4v) is 2.38. The molecule has 0 spiro atoms. The number of nitrogens with one attached hydrogen (secondary N) is 1. The number of urea groups is 1. The molecule has 8 heteroatoms. The van der Waals surface area contributed by atoms with Crippen LogP contribution in [0.25, 0.3) is 0 Å². The highest BCUT2D eigenvalue weighted by Crippen LogP contribution is 2.22. The first-order valence-electron chi connectivity index (χ1n) is 5.82. The lowest BCUT2D eigenvalue weighted by molar-refractivity contribution is -0.141. The van der Waals surface area contributed by atoms with Crippen molar-refractivity contribution in [2.45, 2.75) is 18.6 Å². The van der Waals surface area contributed by atoms with Crippen LogP contribution in [0.1, 0.15) is 6.42 Å². The highest BCUT2D eigenvalue weighted by molar-refractivity contribution is 9.10. The van der Waals surface area contributed by atoms with E-state index in [1.807, 2.05) is 0 Å². The van der Waals surface area contributed by atoms with Crippen LogP contribution < -0.4 is 5.32 Å². The quantitative estimate of drug-likeness (QED) is 0.759. The zero-order valence-corrected chi connectivity index (χ0v) is 11.8. The second-order valence-electron chi connectivity index (χ2n) is 4.45. The Morgan fingerprint density at radius 1 is 1.45 bits per heavy atom. The van der Waals surface area contributed by atoms with Crippen LogP contribution in [0.5, 0.6) is 0 Å². The number of carboxylic acids is 1. The lowest BCUT2D eigenvalue weighted by atomic mass is 10.2. The standard InChI is InChI=1S/C12H12BrFN2O4/c13-6-1-2-9(8(14)3-6)15-12(20)16-5-7(17)4-10(16)11(18)19/h1-3,7,10,17H,4-5H2,(H,15,20)(H,18,19)/t7-,10+/m1/s1. The number of β-amino-alcohol motifs (C(OH)–C–C–N with tert-alkyl or cyclic N) is 1. The van der Waals surface area contributed by atoms with E-state index in [9.17, 15) is 19.1 Å². The zero-order chi connectivity index (χ0) is 14.9. The molecule has 108 valence electrons. The van der Waals surface area contributed by atoms with Crippen molar-refractivity contribution in [1.29, 1.82) is 0 Å². The third kappa shape index (κ3) is 3.07. The first-order chi connectivity index (χ1) is 9.38. The summed E-state index contributed by atoms with van der Waals surface area (Å²) in [6.45, 7) is -0.0963. The number of likely N-dealkylation sites (tertiary alicyclic amines) is 1. The monoisotopic (exact) mass is 346 g/mol. The van der Waals surface area contributed by atoms with Gasteiger partial charge >= 0.3 is 12.0 Å². The summed E-state index contributed by atoms with van der Waals surface area (Å²) in [5.41, 5.74) is -0.0521. The van der Waals surface area contributed by atoms with E-state index in [0.717, 1.165) is 4.90 Å². The molecule has 0 aliphatic carbocycles. The Bertz CT molecular complexity index is 554. The summed E-state index contributed by atoms with van der Waals surface area (Å²) in [5, 5.41) is 20.8. The normalized spacial score (nSPS) is 21.9. The molecule has 3 N–H and O–H groups in total. The maximum absolute atomic E-state index is 13.6. The number of carbonyl (C=O) groups excluding carboxylic acids is 1. The lowest BCUT2D eigenvalue weighted by Gasteiger charge is -2.21. The van der Waals surface area contributed by atoms with Crippen LogP contribution in [0.4, 0.5) is 14.9 Å². The second-order valence-corrected chi connectivity index (χ2v) is 5.37. The van der Waals surface area contributed by atoms with Gasteiger partial charge in [0, 0.05) is 17.4 Å². The molecule has 2 atom stereocenters. The zero-order valence-electron chi connectivity index (χ0n) is 10.2. The average molecular weight is 347 g/mol. The van der Waals surface area contributed by atoms with Crippen LogP contribution in [0.2, 0.25) is 0 Å². The summed E-state index contributed by atoms with van der Waals surface area (Å²) < 4.78 is 14.1. The molecule has 1 aliphatic heterocycles. The summed E-state index contributed by atoms with van der Waals surface area (Å²) >= 11 is 3.09. The molecule has 20 heavy (non-hydrogen) atoms. The number of carboxylic acid groups (broad SMARTS) is 1. The van der Waals surface area contributed by atoms with Crippen molar-refractivity contribution in [2.75, 3.05) is 11.9 Å². The van der Waals surface area contributed by atoms with E-state index in [-0.39, 0.29) is 18.7 Å². The lowest BCUT2D eigenvalue weighted by Crippen LogP contribution is -2.43. The van der Waals surface area contributed by atoms with Crippen molar-refractivity contribution in [1.82, 2.24) is 4.90 Å². The molecule has 1 aromatic rings. The predicted molar refractivity (Wildman–Crippen MR) is 71.9 cm³/mol. The van der Waals surface area contributed by atoms with Gasteiger partial charge < -0.3 is 20.4 Å². The Morgan fingerprint density at radius 3 is 2.75 bits per heavy atom. The molecule has 0 unspecified atom stereocenters. The van der Waals surface area contributed by atoms with Gasteiger partial charge in [0.2, 0.25) is 0 Å². The van der Waals surface area contributed by atoms with Gasteiger partial charge in [-0.25, -0.2) is 14.0 Å². The van der Waals surface area contributed by atoms with Crippen LogP contribution in [0, 0.1) is 5.82 Å². The highest BCUT2D eigenvalue weighted by atomic mass is 79.9. The van der Waals surface area contributed by atoms with Crippen molar-refractivity contribution in [2.24, 2.45) is 0 Å². The molecule has 0 aromatic heterocycles. The van der Waals surface area contributed by atoms with Crippen LogP contribution in [0.15, 0.2) is 22.7 Å². The van der Waals surface area contributed by atoms with E-state index in [2.05, 4.69) is 21.2 Å². The Hall–Kier alpha value is -1.67. The molecule has 1 fully saturated rings. The van der Waals surface area contributed by atoms with Gasteiger partial charge in [0.25, 0.3) is 0 Å². The van der Waals surface area contributed by atoms with Gasteiger partial charge in [-0.3, -0.25) is 0 Å². The SMILES string of the molecule is O=C(O)[C@@H]1C[C@@H](O)CN1C(=O)Nc1ccc(Br)cc1F. The molecule has 0 bridgehead atoms. The molecule has 2 rings (SSSR count). The van der Waals surface area contributed by atoms with E-state index in [4.69, 9.17) is 5.11 Å². The van der Waals surface area contributed by atoms with E-state index < -0.39 is 30.0 Å². The van der Waals surface area contributed by atoms with Crippen LogP contribution in [-0.2, 0) is 4.79 Å². The number of benzene rings is 1. The minimum atomic E-state index is -1.20. The van der Waals surface area contributed by atoms with E-state index in [0.29, 0.717) is 4.47 Å². The Labute approximate surface area is 122 Å². The summed E-state index contributed by atoms with van der Waals surface area (Å²) in [4.78, 5) is 24.0. The van der Waals surface area contributed by atoms with Gasteiger partial charge in [-0.1, -0.05) is 15.9 Å². The number of halogens is 2. The number of hydrogen-bond donors (Lipinski definition) is 3. The number of aliphatic hydroxyl groups excluding tert-OH is 1. The molecular formula is C12H12BrFN2O4. The van der Waals surface area contributed by atoms with E-state index in [1.54, 1.807) is 6.07 Å². The van der Waals surface area contributed by atoms with Gasteiger partial charge in [0.15, 0.2) is 0 Å². The number of rotatable bonds is 2.